The van der Waals surface area contributed by atoms with Crippen LogP contribution in [0.1, 0.15) is 55.6 Å². The van der Waals surface area contributed by atoms with E-state index in [1.165, 1.54) is 31.4 Å². The molecule has 1 fully saturated rings. The highest BCUT2D eigenvalue weighted by Gasteiger charge is 2.35. The van der Waals surface area contributed by atoms with Crippen molar-refractivity contribution in [1.29, 1.82) is 0 Å². The van der Waals surface area contributed by atoms with Gasteiger partial charge in [0.25, 0.3) is 0 Å². The van der Waals surface area contributed by atoms with Crippen molar-refractivity contribution in [3.05, 3.63) is 21.7 Å². The Morgan fingerprint density at radius 1 is 1.20 bits per heavy atom. The van der Waals surface area contributed by atoms with E-state index in [1.807, 2.05) is 7.11 Å². The van der Waals surface area contributed by atoms with Crippen molar-refractivity contribution in [3.63, 3.8) is 0 Å². The summed E-state index contributed by atoms with van der Waals surface area (Å²) in [5.41, 5.74) is 2.15. The molecular formula is C15H23N3OS. The molecule has 4 nitrogen and oxygen atoms in total. The van der Waals surface area contributed by atoms with Crippen LogP contribution in [0.4, 0.5) is 0 Å². The van der Waals surface area contributed by atoms with Gasteiger partial charge in [-0.3, -0.25) is 0 Å². The molecule has 1 aromatic heterocycles. The fourth-order valence-electron chi connectivity index (χ4n) is 3.42. The van der Waals surface area contributed by atoms with Crippen LogP contribution in [0.5, 0.6) is 0 Å². The maximum atomic E-state index is 5.94. The van der Waals surface area contributed by atoms with Gasteiger partial charge in [0.1, 0.15) is 16.1 Å². The highest BCUT2D eigenvalue weighted by molar-refractivity contribution is 7.71. The second-order valence-electron chi connectivity index (χ2n) is 5.89. The molecule has 1 aromatic rings. The lowest BCUT2D eigenvalue weighted by atomic mass is 9.92. The van der Waals surface area contributed by atoms with E-state index in [0.29, 0.717) is 0 Å². The molecule has 110 valence electrons. The van der Waals surface area contributed by atoms with Crippen LogP contribution >= 0.6 is 12.2 Å². The minimum atomic E-state index is -0.260. The zero-order chi connectivity index (χ0) is 14.0. The number of aromatic amines is 1. The highest BCUT2D eigenvalue weighted by atomic mass is 32.1. The van der Waals surface area contributed by atoms with Crippen LogP contribution in [-0.2, 0) is 23.3 Å². The van der Waals surface area contributed by atoms with Gasteiger partial charge < -0.3 is 15.0 Å². The monoisotopic (exact) mass is 293 g/mol. The van der Waals surface area contributed by atoms with Crippen molar-refractivity contribution in [1.82, 2.24) is 15.3 Å². The van der Waals surface area contributed by atoms with Crippen molar-refractivity contribution in [3.8, 4) is 0 Å². The van der Waals surface area contributed by atoms with Gasteiger partial charge in [-0.15, -0.1) is 0 Å². The molecule has 0 saturated heterocycles. The summed E-state index contributed by atoms with van der Waals surface area (Å²) in [6, 6.07) is 0. The topological polar surface area (TPSA) is 49.9 Å². The van der Waals surface area contributed by atoms with Crippen LogP contribution < -0.4 is 5.32 Å². The molecule has 0 aromatic carbocycles. The molecule has 1 aliphatic heterocycles. The molecule has 1 aliphatic carbocycles. The molecule has 2 aliphatic rings. The third kappa shape index (κ3) is 2.54. The Labute approximate surface area is 125 Å². The van der Waals surface area contributed by atoms with Crippen LogP contribution in [0, 0.1) is 4.64 Å². The Morgan fingerprint density at radius 3 is 2.65 bits per heavy atom. The Bertz CT molecular complexity index is 532. The zero-order valence-electron chi connectivity index (χ0n) is 12.1. The lowest BCUT2D eigenvalue weighted by Crippen LogP contribution is -2.33. The van der Waals surface area contributed by atoms with Crippen molar-refractivity contribution >= 4 is 12.2 Å². The van der Waals surface area contributed by atoms with E-state index in [-0.39, 0.29) is 5.60 Å². The third-order valence-corrected chi connectivity index (χ3v) is 5.03. The van der Waals surface area contributed by atoms with Crippen LogP contribution in [0.3, 0.4) is 0 Å². The van der Waals surface area contributed by atoms with Gasteiger partial charge in [0, 0.05) is 37.9 Å². The van der Waals surface area contributed by atoms with Gasteiger partial charge >= 0.3 is 0 Å². The van der Waals surface area contributed by atoms with E-state index in [0.717, 1.165) is 48.4 Å². The van der Waals surface area contributed by atoms with Gasteiger partial charge in [0.15, 0.2) is 0 Å². The van der Waals surface area contributed by atoms with Crippen molar-refractivity contribution in [2.75, 3.05) is 13.7 Å². The van der Waals surface area contributed by atoms with E-state index in [9.17, 15) is 0 Å². The van der Waals surface area contributed by atoms with Crippen LogP contribution in [0.25, 0.3) is 0 Å². The van der Waals surface area contributed by atoms with Crippen molar-refractivity contribution in [2.24, 2.45) is 0 Å². The number of rotatable bonds is 2. The summed E-state index contributed by atoms with van der Waals surface area (Å²) < 4.78 is 6.67. The molecule has 0 radical (unpaired) electrons. The first-order chi connectivity index (χ1) is 9.75. The maximum Gasteiger partial charge on any atom is 0.140 e. The summed E-state index contributed by atoms with van der Waals surface area (Å²) >= 11 is 5.50. The molecule has 0 unspecified atom stereocenters. The third-order valence-electron chi connectivity index (χ3n) is 4.69. The molecule has 3 rings (SSSR count). The molecule has 0 spiro atoms. The number of hydrogen-bond acceptors (Lipinski definition) is 4. The summed E-state index contributed by atoms with van der Waals surface area (Å²) in [6.45, 7) is 1.83. The number of nitrogens with one attached hydrogen (secondary N) is 2. The van der Waals surface area contributed by atoms with Gasteiger partial charge in [-0.05, 0) is 12.8 Å². The molecular weight excluding hydrogens is 270 g/mol. The van der Waals surface area contributed by atoms with Gasteiger partial charge in [-0.2, -0.15) is 0 Å². The zero-order valence-corrected chi connectivity index (χ0v) is 12.9. The number of hydrogen-bond donors (Lipinski definition) is 2. The predicted molar refractivity (Wildman–Crippen MR) is 81.2 cm³/mol. The number of H-pyrrole nitrogens is 1. The predicted octanol–water partition coefficient (Wildman–Crippen LogP) is 2.98. The summed E-state index contributed by atoms with van der Waals surface area (Å²) in [6.07, 6.45) is 8.07. The Morgan fingerprint density at radius 2 is 1.95 bits per heavy atom. The molecule has 0 bridgehead atoms. The lowest BCUT2D eigenvalue weighted by molar-refractivity contribution is -0.0354. The van der Waals surface area contributed by atoms with E-state index >= 15 is 0 Å². The first-order valence-corrected chi connectivity index (χ1v) is 8.04. The van der Waals surface area contributed by atoms with Gasteiger partial charge in [0.2, 0.25) is 0 Å². The summed E-state index contributed by atoms with van der Waals surface area (Å²) in [5, 5.41) is 3.36. The van der Waals surface area contributed by atoms with E-state index in [4.69, 9.17) is 17.0 Å². The molecule has 0 atom stereocenters. The van der Waals surface area contributed by atoms with Gasteiger partial charge in [-0.25, -0.2) is 4.98 Å². The Hall–Kier alpha value is -0.780. The number of methoxy groups -OCH3 is 1. The fraction of sp³-hybridized carbons (Fsp3) is 0.733. The van der Waals surface area contributed by atoms with Crippen molar-refractivity contribution in [2.45, 2.75) is 57.1 Å². The van der Waals surface area contributed by atoms with Gasteiger partial charge in [0.05, 0.1) is 0 Å². The van der Waals surface area contributed by atoms with Crippen LogP contribution in [0.2, 0.25) is 0 Å². The summed E-state index contributed by atoms with van der Waals surface area (Å²) in [7, 11) is 1.81. The van der Waals surface area contributed by atoms with Crippen molar-refractivity contribution < 1.29 is 4.74 Å². The molecule has 1 saturated carbocycles. The molecule has 2 N–H and O–H groups in total. The number of nitrogens with zero attached hydrogens (tertiary/aromatic N) is 1. The van der Waals surface area contributed by atoms with Gasteiger partial charge in [-0.1, -0.05) is 37.9 Å². The lowest BCUT2D eigenvalue weighted by Gasteiger charge is -2.31. The SMILES string of the molecule is COC1(c2nc(=S)c3c([nH]2)CCNC3)CCCCCC1. The Balaban J connectivity index is 2.03. The minimum Gasteiger partial charge on any atom is -0.370 e. The molecule has 2 heterocycles. The largest absolute Gasteiger partial charge is 0.370 e. The first-order valence-electron chi connectivity index (χ1n) is 7.64. The fourth-order valence-corrected chi connectivity index (χ4v) is 3.71. The maximum absolute atomic E-state index is 5.94. The average Bonchev–Trinajstić information content (AvgIpc) is 2.73. The van der Waals surface area contributed by atoms with Crippen LogP contribution in [-0.4, -0.2) is 23.6 Å². The first kappa shape index (κ1) is 14.2. The Kier molecular flexibility index (Phi) is 4.19. The molecule has 0 amide bonds. The van der Waals surface area contributed by atoms with E-state index in [2.05, 4.69) is 15.3 Å². The molecule has 20 heavy (non-hydrogen) atoms. The minimum absolute atomic E-state index is 0.260. The normalized spacial score (nSPS) is 22.1. The van der Waals surface area contributed by atoms with Crippen LogP contribution in [0.15, 0.2) is 0 Å². The van der Waals surface area contributed by atoms with E-state index in [1.54, 1.807) is 0 Å². The number of ether oxygens (including phenoxy) is 1. The smallest absolute Gasteiger partial charge is 0.140 e. The number of fused-ring (bicyclic) bond motifs is 1. The highest BCUT2D eigenvalue weighted by Crippen LogP contribution is 2.37. The molecule has 5 heteroatoms. The number of aromatic nitrogens is 2. The van der Waals surface area contributed by atoms with E-state index < -0.39 is 0 Å². The average molecular weight is 293 g/mol. The second kappa shape index (κ2) is 5.92. The summed E-state index contributed by atoms with van der Waals surface area (Å²) in [4.78, 5) is 8.24. The quantitative estimate of drug-likeness (QED) is 0.650. The standard InChI is InChI=1S/C15H23N3OS/c1-19-15(7-4-2-3-5-8-15)14-17-12-6-9-16-10-11(12)13(20)18-14/h16H,2-10H2,1H3,(H,17,18,20). The summed E-state index contributed by atoms with van der Waals surface area (Å²) in [5.74, 6) is 0.951. The second-order valence-corrected chi connectivity index (χ2v) is 6.27.